The summed E-state index contributed by atoms with van der Waals surface area (Å²) in [5.74, 6) is -0.700. The van der Waals surface area contributed by atoms with Crippen molar-refractivity contribution in [1.82, 2.24) is 5.16 Å². The van der Waals surface area contributed by atoms with Gasteiger partial charge in [0.25, 0.3) is 0 Å². The summed E-state index contributed by atoms with van der Waals surface area (Å²) in [6, 6.07) is 9.35. The Morgan fingerprint density at radius 1 is 1.19 bits per heavy atom. The molecule has 136 valence electrons. The quantitative estimate of drug-likeness (QED) is 0.661. The standard InChI is InChI=1S/C18H15BrFNO4S/c1-10-3-4-12(7-13(10)19)18-17(15(9-22)25-21-18)11-5-6-16(14(20)8-11)26(2,23)24/h3-8,22H,9H2,1-2H3. The monoisotopic (exact) mass is 439 g/mol. The molecule has 5 nitrogen and oxygen atoms in total. The van der Waals surface area contributed by atoms with Crippen LogP contribution in [-0.2, 0) is 16.4 Å². The first-order valence-electron chi connectivity index (χ1n) is 7.58. The zero-order chi connectivity index (χ0) is 19.1. The maximum absolute atomic E-state index is 14.3. The fourth-order valence-electron chi connectivity index (χ4n) is 2.62. The third kappa shape index (κ3) is 3.44. The molecule has 0 aliphatic carbocycles. The number of benzene rings is 2. The molecule has 0 radical (unpaired) electrons. The largest absolute Gasteiger partial charge is 0.388 e. The van der Waals surface area contributed by atoms with E-state index in [-0.39, 0.29) is 10.7 Å². The Morgan fingerprint density at radius 2 is 1.88 bits per heavy atom. The predicted octanol–water partition coefficient (Wildman–Crippen LogP) is 4.11. The van der Waals surface area contributed by atoms with Gasteiger partial charge in [-0.1, -0.05) is 39.3 Å². The van der Waals surface area contributed by atoms with Gasteiger partial charge in [0.1, 0.15) is 23.0 Å². The molecule has 0 fully saturated rings. The van der Waals surface area contributed by atoms with Crippen LogP contribution in [0.5, 0.6) is 0 Å². The van der Waals surface area contributed by atoms with Crippen molar-refractivity contribution < 1.29 is 22.4 Å². The van der Waals surface area contributed by atoms with Crippen molar-refractivity contribution in [3.63, 3.8) is 0 Å². The third-order valence-electron chi connectivity index (χ3n) is 3.97. The lowest BCUT2D eigenvalue weighted by Crippen LogP contribution is -2.01. The Bertz CT molecular complexity index is 1090. The van der Waals surface area contributed by atoms with Crippen molar-refractivity contribution in [2.24, 2.45) is 0 Å². The molecule has 8 heteroatoms. The maximum Gasteiger partial charge on any atom is 0.178 e. The Morgan fingerprint density at radius 3 is 2.46 bits per heavy atom. The minimum atomic E-state index is -3.68. The van der Waals surface area contributed by atoms with Crippen LogP contribution in [0, 0.1) is 12.7 Å². The first-order valence-corrected chi connectivity index (χ1v) is 10.3. The summed E-state index contributed by atoms with van der Waals surface area (Å²) in [5, 5.41) is 13.6. The van der Waals surface area contributed by atoms with Crippen molar-refractivity contribution >= 4 is 25.8 Å². The number of aryl methyl sites for hydroxylation is 1. The highest BCUT2D eigenvalue weighted by Crippen LogP contribution is 2.37. The van der Waals surface area contributed by atoms with E-state index in [1.807, 2.05) is 25.1 Å². The van der Waals surface area contributed by atoms with Gasteiger partial charge < -0.3 is 9.63 Å². The van der Waals surface area contributed by atoms with E-state index in [4.69, 9.17) is 4.52 Å². The van der Waals surface area contributed by atoms with Crippen LogP contribution in [0.3, 0.4) is 0 Å². The van der Waals surface area contributed by atoms with Crippen molar-refractivity contribution in [3.05, 3.63) is 58.0 Å². The van der Waals surface area contributed by atoms with E-state index in [0.717, 1.165) is 22.4 Å². The van der Waals surface area contributed by atoms with Gasteiger partial charge in [-0.15, -0.1) is 0 Å². The molecule has 0 spiro atoms. The van der Waals surface area contributed by atoms with Crippen LogP contribution in [-0.4, -0.2) is 24.9 Å². The number of nitrogens with zero attached hydrogens (tertiary/aromatic N) is 1. The van der Waals surface area contributed by atoms with Crippen LogP contribution in [0.4, 0.5) is 4.39 Å². The average Bonchev–Trinajstić information content (AvgIpc) is 3.00. The highest BCUT2D eigenvalue weighted by Gasteiger charge is 2.22. The number of aliphatic hydroxyl groups excluding tert-OH is 1. The summed E-state index contributed by atoms with van der Waals surface area (Å²) in [6.45, 7) is 1.51. The summed E-state index contributed by atoms with van der Waals surface area (Å²) >= 11 is 3.46. The van der Waals surface area contributed by atoms with Gasteiger partial charge in [0, 0.05) is 16.3 Å². The second-order valence-electron chi connectivity index (χ2n) is 5.87. The Labute approximate surface area is 158 Å². The number of aliphatic hydroxyl groups is 1. The average molecular weight is 440 g/mol. The first kappa shape index (κ1) is 18.8. The lowest BCUT2D eigenvalue weighted by Gasteiger charge is -2.07. The molecule has 0 saturated heterocycles. The van der Waals surface area contributed by atoms with Crippen LogP contribution in [0.1, 0.15) is 11.3 Å². The highest BCUT2D eigenvalue weighted by molar-refractivity contribution is 9.10. The van der Waals surface area contributed by atoms with E-state index in [9.17, 15) is 17.9 Å². The van der Waals surface area contributed by atoms with Gasteiger partial charge >= 0.3 is 0 Å². The molecule has 0 unspecified atom stereocenters. The summed E-state index contributed by atoms with van der Waals surface area (Å²) in [5.41, 5.74) is 2.97. The Balaban J connectivity index is 2.20. The van der Waals surface area contributed by atoms with Crippen LogP contribution in [0.2, 0.25) is 0 Å². The number of rotatable bonds is 4. The second kappa shape index (κ2) is 6.94. The predicted molar refractivity (Wildman–Crippen MR) is 98.8 cm³/mol. The van der Waals surface area contributed by atoms with Crippen molar-refractivity contribution in [2.75, 3.05) is 6.26 Å². The van der Waals surface area contributed by atoms with Gasteiger partial charge in [0.05, 0.1) is 5.56 Å². The van der Waals surface area contributed by atoms with Gasteiger partial charge in [0.2, 0.25) is 0 Å². The summed E-state index contributed by atoms with van der Waals surface area (Å²) < 4.78 is 43.6. The highest BCUT2D eigenvalue weighted by atomic mass is 79.9. The van der Waals surface area contributed by atoms with E-state index in [1.165, 1.54) is 12.1 Å². The molecule has 1 aromatic heterocycles. The molecule has 1 N–H and O–H groups in total. The SMILES string of the molecule is Cc1ccc(-c2noc(CO)c2-c2ccc(S(C)(=O)=O)c(F)c2)cc1Br. The molecule has 1 heterocycles. The number of aromatic nitrogens is 1. The normalized spacial score (nSPS) is 11.7. The van der Waals surface area contributed by atoms with Crippen LogP contribution in [0.15, 0.2) is 50.3 Å². The zero-order valence-corrected chi connectivity index (χ0v) is 16.4. The van der Waals surface area contributed by atoms with Crippen molar-refractivity contribution in [1.29, 1.82) is 0 Å². The maximum atomic E-state index is 14.3. The van der Waals surface area contributed by atoms with Crippen molar-refractivity contribution in [2.45, 2.75) is 18.4 Å². The Hall–Kier alpha value is -2.03. The minimum absolute atomic E-state index is 0.170. The molecular weight excluding hydrogens is 425 g/mol. The van der Waals surface area contributed by atoms with E-state index in [1.54, 1.807) is 0 Å². The lowest BCUT2D eigenvalue weighted by molar-refractivity contribution is 0.230. The van der Waals surface area contributed by atoms with Crippen LogP contribution >= 0.6 is 15.9 Å². The van der Waals surface area contributed by atoms with Gasteiger partial charge in [-0.25, -0.2) is 12.8 Å². The number of hydrogen-bond donors (Lipinski definition) is 1. The molecule has 2 aromatic carbocycles. The molecule has 0 aliphatic heterocycles. The fraction of sp³-hybridized carbons (Fsp3) is 0.167. The third-order valence-corrected chi connectivity index (χ3v) is 5.96. The zero-order valence-electron chi connectivity index (χ0n) is 14.0. The fourth-order valence-corrected chi connectivity index (χ4v) is 3.73. The molecule has 0 amide bonds. The van der Waals surface area contributed by atoms with Gasteiger partial charge in [0.15, 0.2) is 15.6 Å². The summed E-state index contributed by atoms with van der Waals surface area (Å²) in [4.78, 5) is -0.386. The van der Waals surface area contributed by atoms with Crippen LogP contribution in [0.25, 0.3) is 22.4 Å². The summed E-state index contributed by atoms with van der Waals surface area (Å²) in [7, 11) is -3.68. The molecule has 3 aromatic rings. The molecule has 0 aliphatic rings. The van der Waals surface area contributed by atoms with E-state index in [2.05, 4.69) is 21.1 Å². The smallest absolute Gasteiger partial charge is 0.178 e. The molecule has 0 saturated carbocycles. The van der Waals surface area contributed by atoms with E-state index < -0.39 is 22.3 Å². The van der Waals surface area contributed by atoms with Gasteiger partial charge in [-0.05, 0) is 36.2 Å². The van der Waals surface area contributed by atoms with E-state index in [0.29, 0.717) is 22.4 Å². The van der Waals surface area contributed by atoms with Gasteiger partial charge in [-0.3, -0.25) is 0 Å². The lowest BCUT2D eigenvalue weighted by atomic mass is 9.98. The first-order chi connectivity index (χ1) is 12.2. The second-order valence-corrected chi connectivity index (χ2v) is 8.71. The number of halogens is 2. The topological polar surface area (TPSA) is 80.4 Å². The molecular formula is C18H15BrFNO4S. The number of hydrogen-bond acceptors (Lipinski definition) is 5. The van der Waals surface area contributed by atoms with Gasteiger partial charge in [-0.2, -0.15) is 0 Å². The molecule has 3 rings (SSSR count). The molecule has 0 bridgehead atoms. The molecule has 0 atom stereocenters. The van der Waals surface area contributed by atoms with E-state index >= 15 is 0 Å². The van der Waals surface area contributed by atoms with Crippen LogP contribution < -0.4 is 0 Å². The Kier molecular flexibility index (Phi) is 5.01. The summed E-state index contributed by atoms with van der Waals surface area (Å²) in [6.07, 6.45) is 0.943. The molecule has 26 heavy (non-hydrogen) atoms. The minimum Gasteiger partial charge on any atom is -0.388 e. The van der Waals surface area contributed by atoms with Crippen molar-refractivity contribution in [3.8, 4) is 22.4 Å². The number of sulfone groups is 1.